The first-order valence-electron chi connectivity index (χ1n) is 14.0. The minimum absolute atomic E-state index is 0.0521. The van der Waals surface area contributed by atoms with Gasteiger partial charge in [-0.05, 0) is 91.8 Å². The monoisotopic (exact) mass is 642 g/mol. The van der Waals surface area contributed by atoms with Crippen LogP contribution >= 0.6 is 23.2 Å². The molecule has 1 atom stereocenters. The number of amides is 1. The number of likely N-dealkylation sites (tertiary alicyclic amines) is 2. The second-order valence-electron chi connectivity index (χ2n) is 11.5. The van der Waals surface area contributed by atoms with Crippen molar-refractivity contribution >= 4 is 29.1 Å². The van der Waals surface area contributed by atoms with Gasteiger partial charge in [0.25, 0.3) is 0 Å². The van der Waals surface area contributed by atoms with E-state index in [0.29, 0.717) is 41.1 Å². The zero-order valence-electron chi connectivity index (χ0n) is 23.1. The molecule has 3 aromatic rings. The third kappa shape index (κ3) is 7.32. The second-order valence-corrected chi connectivity index (χ2v) is 12.3. The van der Waals surface area contributed by atoms with Gasteiger partial charge in [-0.25, -0.2) is 0 Å². The summed E-state index contributed by atoms with van der Waals surface area (Å²) in [5, 5.41) is 0.647. The Morgan fingerprint density at radius 3 is 2.02 bits per heavy atom. The normalized spacial score (nSPS) is 20.7. The average Bonchev–Trinajstić information content (AvgIpc) is 3.28. The molecule has 11 heteroatoms. The second kappa shape index (κ2) is 12.3. The molecule has 3 nitrogen and oxygen atoms in total. The molecule has 2 saturated heterocycles. The Kier molecular flexibility index (Phi) is 9.08. The maximum atomic E-state index is 13.5. The molecule has 1 amide bonds. The Bertz CT molecular complexity index is 1420. The highest BCUT2D eigenvalue weighted by atomic mass is 35.5. The highest BCUT2D eigenvalue weighted by molar-refractivity contribution is 6.42. The van der Waals surface area contributed by atoms with Crippen LogP contribution in [-0.2, 0) is 29.1 Å². The molecule has 0 radical (unpaired) electrons. The number of nitrogens with zero attached hydrogens (tertiary/aromatic N) is 2. The Labute approximate surface area is 256 Å². The summed E-state index contributed by atoms with van der Waals surface area (Å²) >= 11 is 12.5. The fraction of sp³-hybridized carbons (Fsp3) is 0.406. The van der Waals surface area contributed by atoms with E-state index in [1.54, 1.807) is 18.2 Å². The smallest absolute Gasteiger partial charge is 0.337 e. The third-order valence-electron chi connectivity index (χ3n) is 8.65. The minimum Gasteiger partial charge on any atom is -0.337 e. The van der Waals surface area contributed by atoms with E-state index in [4.69, 9.17) is 23.2 Å². The van der Waals surface area contributed by atoms with Gasteiger partial charge in [-0.3, -0.25) is 4.79 Å². The summed E-state index contributed by atoms with van der Waals surface area (Å²) in [4.78, 5) is 17.0. The summed E-state index contributed by atoms with van der Waals surface area (Å²) in [6, 6.07) is 16.9. The van der Waals surface area contributed by atoms with Crippen LogP contribution < -0.4 is 0 Å². The number of piperidine rings is 1. The topological polar surface area (TPSA) is 23.6 Å². The molecule has 0 bridgehead atoms. The predicted molar refractivity (Wildman–Crippen MR) is 154 cm³/mol. The molecule has 2 aliphatic heterocycles. The lowest BCUT2D eigenvalue weighted by Gasteiger charge is -2.36. The zero-order valence-corrected chi connectivity index (χ0v) is 24.6. The lowest BCUT2D eigenvalue weighted by Crippen LogP contribution is -2.39. The largest absolute Gasteiger partial charge is 0.416 e. The van der Waals surface area contributed by atoms with Gasteiger partial charge in [0.1, 0.15) is 0 Å². The van der Waals surface area contributed by atoms with Gasteiger partial charge in [0.2, 0.25) is 5.91 Å². The molecule has 0 spiro atoms. The van der Waals surface area contributed by atoms with E-state index in [2.05, 4.69) is 17.0 Å². The molecule has 0 N–H and O–H groups in total. The number of alkyl halides is 6. The van der Waals surface area contributed by atoms with Gasteiger partial charge in [0, 0.05) is 24.9 Å². The molecule has 0 saturated carbocycles. The van der Waals surface area contributed by atoms with Crippen LogP contribution in [0.3, 0.4) is 0 Å². The first-order valence-corrected chi connectivity index (χ1v) is 14.8. The zero-order chi connectivity index (χ0) is 31.0. The van der Waals surface area contributed by atoms with Crippen molar-refractivity contribution in [1.82, 2.24) is 9.80 Å². The van der Waals surface area contributed by atoms with E-state index in [9.17, 15) is 31.1 Å². The van der Waals surface area contributed by atoms with Crippen LogP contribution in [0.1, 0.15) is 59.4 Å². The van der Waals surface area contributed by atoms with Crippen LogP contribution in [0.4, 0.5) is 26.3 Å². The lowest BCUT2D eigenvalue weighted by atomic mass is 9.76. The summed E-state index contributed by atoms with van der Waals surface area (Å²) < 4.78 is 80.8. The third-order valence-corrected chi connectivity index (χ3v) is 9.39. The highest BCUT2D eigenvalue weighted by Gasteiger charge is 2.45. The number of carbonyl (C=O) groups is 1. The number of carbonyl (C=O) groups excluding carboxylic acids is 1. The van der Waals surface area contributed by atoms with Gasteiger partial charge >= 0.3 is 12.4 Å². The van der Waals surface area contributed by atoms with Gasteiger partial charge in [-0.15, -0.1) is 0 Å². The molecule has 43 heavy (non-hydrogen) atoms. The lowest BCUT2D eigenvalue weighted by molar-refractivity contribution is -0.143. The summed E-state index contributed by atoms with van der Waals surface area (Å²) in [6.45, 7) is 2.17. The molecule has 2 heterocycles. The maximum Gasteiger partial charge on any atom is 0.416 e. The molecule has 2 aliphatic rings. The number of rotatable bonds is 7. The van der Waals surface area contributed by atoms with Gasteiger partial charge in [-0.2, -0.15) is 26.3 Å². The Hall–Kier alpha value is -2.75. The van der Waals surface area contributed by atoms with Crippen molar-refractivity contribution in [2.75, 3.05) is 26.2 Å². The van der Waals surface area contributed by atoms with E-state index in [0.717, 1.165) is 31.5 Å². The van der Waals surface area contributed by atoms with Crippen molar-refractivity contribution in [2.24, 2.45) is 0 Å². The first kappa shape index (κ1) is 31.7. The van der Waals surface area contributed by atoms with Gasteiger partial charge < -0.3 is 9.80 Å². The van der Waals surface area contributed by atoms with Crippen LogP contribution in [0.25, 0.3) is 0 Å². The Morgan fingerprint density at radius 2 is 1.44 bits per heavy atom. The standard InChI is InChI=1S/C32H30Cl2F6N2O/c33-27-7-6-24(17-28(27)34)30(10-13-41-11-8-23(9-12-41)22-4-2-1-3-5-22)18-29(43)42(20-30)19-21-14-25(31(35,36)37)16-26(15-21)32(38,39)40/h1-7,14-17,23H,8-13,18-20H2. The van der Waals surface area contributed by atoms with E-state index < -0.39 is 28.9 Å². The number of hydrogen-bond acceptors (Lipinski definition) is 2. The molecular weight excluding hydrogens is 613 g/mol. The minimum atomic E-state index is -4.97. The maximum absolute atomic E-state index is 13.5. The van der Waals surface area contributed by atoms with Gasteiger partial charge in [-0.1, -0.05) is 59.6 Å². The summed E-state index contributed by atoms with van der Waals surface area (Å²) in [6.07, 6.45) is -7.35. The molecular formula is C32H30Cl2F6N2O. The summed E-state index contributed by atoms with van der Waals surface area (Å²) in [7, 11) is 0. The molecule has 5 rings (SSSR count). The summed E-state index contributed by atoms with van der Waals surface area (Å²) in [5.74, 6) is 0.124. The highest BCUT2D eigenvalue weighted by Crippen LogP contribution is 2.43. The van der Waals surface area contributed by atoms with Crippen molar-refractivity contribution in [3.63, 3.8) is 0 Å². The van der Waals surface area contributed by atoms with Crippen molar-refractivity contribution in [3.05, 3.63) is 105 Å². The van der Waals surface area contributed by atoms with Crippen molar-refractivity contribution in [1.29, 1.82) is 0 Å². The van der Waals surface area contributed by atoms with Gasteiger partial charge in [0.05, 0.1) is 21.2 Å². The average molecular weight is 643 g/mol. The molecule has 0 aromatic heterocycles. The predicted octanol–water partition coefficient (Wildman–Crippen LogP) is 8.97. The van der Waals surface area contributed by atoms with Crippen LogP contribution in [0, 0.1) is 0 Å². The van der Waals surface area contributed by atoms with E-state index in [1.807, 2.05) is 18.2 Å². The van der Waals surface area contributed by atoms with Crippen LogP contribution in [0.5, 0.6) is 0 Å². The summed E-state index contributed by atoms with van der Waals surface area (Å²) in [5.41, 5.74) is -1.71. The molecule has 0 aliphatic carbocycles. The Balaban J connectivity index is 1.36. The fourth-order valence-corrected chi connectivity index (χ4v) is 6.60. The van der Waals surface area contributed by atoms with Crippen LogP contribution in [-0.4, -0.2) is 41.9 Å². The van der Waals surface area contributed by atoms with E-state index in [-0.39, 0.29) is 37.0 Å². The van der Waals surface area contributed by atoms with Crippen molar-refractivity contribution in [3.8, 4) is 0 Å². The molecule has 3 aromatic carbocycles. The quantitative estimate of drug-likeness (QED) is 0.240. The van der Waals surface area contributed by atoms with Crippen LogP contribution in [0.2, 0.25) is 10.0 Å². The Morgan fingerprint density at radius 1 is 0.814 bits per heavy atom. The number of halogens is 8. The SMILES string of the molecule is O=C1CC(CCN2CCC(c3ccccc3)CC2)(c2ccc(Cl)c(Cl)c2)CN1Cc1cc(C(F)(F)F)cc(C(F)(F)F)c1. The van der Waals surface area contributed by atoms with Gasteiger partial charge in [0.15, 0.2) is 0 Å². The molecule has 1 unspecified atom stereocenters. The van der Waals surface area contributed by atoms with E-state index in [1.165, 1.54) is 10.5 Å². The molecule has 230 valence electrons. The molecule has 2 fully saturated rings. The van der Waals surface area contributed by atoms with Crippen molar-refractivity contribution in [2.45, 2.75) is 55.9 Å². The number of benzene rings is 3. The van der Waals surface area contributed by atoms with E-state index >= 15 is 0 Å². The number of hydrogen-bond donors (Lipinski definition) is 0. The first-order chi connectivity index (χ1) is 20.2. The fourth-order valence-electron chi connectivity index (χ4n) is 6.30. The van der Waals surface area contributed by atoms with Crippen LogP contribution in [0.15, 0.2) is 66.7 Å². The van der Waals surface area contributed by atoms with Crippen molar-refractivity contribution < 1.29 is 31.1 Å².